The molecule has 0 saturated carbocycles. The number of halogens is 5. The minimum atomic E-state index is -5.60. The van der Waals surface area contributed by atoms with Crippen molar-refractivity contribution in [2.75, 3.05) is 13.2 Å². The SMILES string of the molecule is O=C(NO)C1(S(=O)(=O)c2ccc(-c3ccc(CCC(F)(F)C(F)(F)F)cc3)cc2)CCOCC1. The van der Waals surface area contributed by atoms with Crippen molar-refractivity contribution in [1.82, 2.24) is 5.48 Å². The third-order valence-corrected chi connectivity index (χ3v) is 8.44. The summed E-state index contributed by atoms with van der Waals surface area (Å²) in [6.45, 7) is 0.0674. The van der Waals surface area contributed by atoms with E-state index in [1.165, 1.54) is 54.0 Å². The lowest BCUT2D eigenvalue weighted by Gasteiger charge is -2.34. The Morgan fingerprint density at radius 3 is 1.91 bits per heavy atom. The number of hydroxylamine groups is 1. The molecule has 1 saturated heterocycles. The van der Waals surface area contributed by atoms with Crippen LogP contribution in [0, 0.1) is 0 Å². The molecule has 2 N–H and O–H groups in total. The molecule has 1 amide bonds. The number of carbonyl (C=O) groups is 1. The van der Waals surface area contributed by atoms with Crippen molar-refractivity contribution in [1.29, 1.82) is 0 Å². The molecule has 12 heteroatoms. The number of hydrogen-bond donors (Lipinski definition) is 2. The third kappa shape index (κ3) is 4.93. The highest BCUT2D eigenvalue weighted by Gasteiger charge is 2.56. The predicted molar refractivity (Wildman–Crippen MR) is 111 cm³/mol. The fourth-order valence-electron chi connectivity index (χ4n) is 3.78. The quantitative estimate of drug-likeness (QED) is 0.331. The Hall–Kier alpha value is -2.57. The molecule has 3 rings (SSSR count). The van der Waals surface area contributed by atoms with Crippen molar-refractivity contribution < 1.29 is 45.1 Å². The van der Waals surface area contributed by atoms with E-state index in [0.717, 1.165) is 0 Å². The highest BCUT2D eigenvalue weighted by Crippen LogP contribution is 2.39. The summed E-state index contributed by atoms with van der Waals surface area (Å²) < 4.78 is 93.0. The number of ether oxygens (including phenoxy) is 1. The summed E-state index contributed by atoms with van der Waals surface area (Å²) in [5.74, 6) is -5.81. The number of sulfone groups is 1. The van der Waals surface area contributed by atoms with Crippen LogP contribution in [0.5, 0.6) is 0 Å². The van der Waals surface area contributed by atoms with Crippen LogP contribution in [0.1, 0.15) is 24.8 Å². The average Bonchev–Trinajstić information content (AvgIpc) is 2.82. The molecule has 1 heterocycles. The summed E-state index contributed by atoms with van der Waals surface area (Å²) in [5, 5.41) is 9.10. The molecule has 6 nitrogen and oxygen atoms in total. The van der Waals surface area contributed by atoms with E-state index in [0.29, 0.717) is 16.7 Å². The zero-order valence-corrected chi connectivity index (χ0v) is 18.6. The Kier molecular flexibility index (Phi) is 7.34. The van der Waals surface area contributed by atoms with E-state index < -0.39 is 45.4 Å². The molecule has 1 aliphatic heterocycles. The number of aryl methyl sites for hydroxylation is 1. The first-order chi connectivity index (χ1) is 15.8. The number of rotatable bonds is 7. The van der Waals surface area contributed by atoms with Crippen LogP contribution in [0.2, 0.25) is 0 Å². The highest BCUT2D eigenvalue weighted by molar-refractivity contribution is 7.93. The van der Waals surface area contributed by atoms with Crippen LogP contribution in [0.4, 0.5) is 22.0 Å². The third-order valence-electron chi connectivity index (χ3n) is 5.92. The van der Waals surface area contributed by atoms with Gasteiger partial charge in [0.15, 0.2) is 14.6 Å². The number of amides is 1. The maximum atomic E-state index is 13.3. The molecule has 2 aromatic rings. The topological polar surface area (TPSA) is 92.7 Å². The monoisotopic (exact) mass is 507 g/mol. The molecule has 1 fully saturated rings. The van der Waals surface area contributed by atoms with Crippen LogP contribution >= 0.6 is 0 Å². The van der Waals surface area contributed by atoms with Gasteiger partial charge in [0.05, 0.1) is 4.90 Å². The molecule has 1 aliphatic rings. The van der Waals surface area contributed by atoms with Crippen molar-refractivity contribution in [2.24, 2.45) is 0 Å². The standard InChI is InChI=1S/C22H22F5NO5S/c23-21(24,22(25,26)27)10-9-15-1-3-16(4-2-15)17-5-7-18(8-6-17)34(31,32)20(19(29)28-30)11-13-33-14-12-20/h1-8,30H,9-14H2,(H,28,29). The van der Waals surface area contributed by atoms with Crippen LogP contribution < -0.4 is 5.48 Å². The van der Waals surface area contributed by atoms with E-state index in [-0.39, 0.29) is 31.0 Å². The molecule has 0 spiro atoms. The van der Waals surface area contributed by atoms with Crippen molar-refractivity contribution in [3.63, 3.8) is 0 Å². The van der Waals surface area contributed by atoms with E-state index in [9.17, 15) is 35.2 Å². The molecule has 186 valence electrons. The lowest BCUT2D eigenvalue weighted by atomic mass is 9.98. The molecular formula is C22H22F5NO5S. The van der Waals surface area contributed by atoms with Crippen LogP contribution in [-0.2, 0) is 25.8 Å². The Bertz CT molecular complexity index is 1110. The van der Waals surface area contributed by atoms with E-state index in [4.69, 9.17) is 9.94 Å². The fraction of sp³-hybridized carbons (Fsp3) is 0.409. The largest absolute Gasteiger partial charge is 0.453 e. The van der Waals surface area contributed by atoms with Crippen molar-refractivity contribution >= 4 is 15.7 Å². The summed E-state index contributed by atoms with van der Waals surface area (Å²) in [6, 6.07) is 11.5. The Morgan fingerprint density at radius 1 is 0.941 bits per heavy atom. The Morgan fingerprint density at radius 2 is 1.44 bits per heavy atom. The molecular weight excluding hydrogens is 485 g/mol. The lowest BCUT2D eigenvalue weighted by molar-refractivity contribution is -0.284. The van der Waals surface area contributed by atoms with Gasteiger partial charge in [0.25, 0.3) is 5.91 Å². The second-order valence-corrected chi connectivity index (χ2v) is 10.2. The van der Waals surface area contributed by atoms with Gasteiger partial charge in [-0.05, 0) is 48.1 Å². The second-order valence-electron chi connectivity index (χ2n) is 7.97. The number of carbonyl (C=O) groups excluding carboxylic acids is 1. The van der Waals surface area contributed by atoms with E-state index >= 15 is 0 Å². The zero-order valence-electron chi connectivity index (χ0n) is 17.7. The van der Waals surface area contributed by atoms with E-state index in [1.54, 1.807) is 0 Å². The molecule has 0 aliphatic carbocycles. The fourth-order valence-corrected chi connectivity index (χ4v) is 5.72. The van der Waals surface area contributed by atoms with Gasteiger partial charge in [0, 0.05) is 19.6 Å². The summed E-state index contributed by atoms with van der Waals surface area (Å²) in [5.41, 5.74) is 2.89. The van der Waals surface area contributed by atoms with Crippen molar-refractivity contribution in [2.45, 2.75) is 47.4 Å². The Labute approximate surface area is 192 Å². The summed E-state index contributed by atoms with van der Waals surface area (Å²) in [7, 11) is -4.19. The van der Waals surface area contributed by atoms with E-state index in [2.05, 4.69) is 0 Å². The van der Waals surface area contributed by atoms with Gasteiger partial charge in [-0.1, -0.05) is 36.4 Å². The number of alkyl halides is 5. The number of benzene rings is 2. The van der Waals surface area contributed by atoms with Crippen LogP contribution in [-0.4, -0.2) is 49.6 Å². The molecule has 0 atom stereocenters. The van der Waals surface area contributed by atoms with Gasteiger partial charge in [-0.2, -0.15) is 22.0 Å². The minimum Gasteiger partial charge on any atom is -0.381 e. The molecule has 2 aromatic carbocycles. The van der Waals surface area contributed by atoms with Gasteiger partial charge >= 0.3 is 12.1 Å². The normalized spacial score (nSPS) is 16.8. The summed E-state index contributed by atoms with van der Waals surface area (Å²) >= 11 is 0. The van der Waals surface area contributed by atoms with Crippen molar-refractivity contribution in [3.05, 3.63) is 54.1 Å². The van der Waals surface area contributed by atoms with Gasteiger partial charge in [-0.25, -0.2) is 13.9 Å². The minimum absolute atomic E-state index is 0.0337. The summed E-state index contributed by atoms with van der Waals surface area (Å²) in [4.78, 5) is 12.2. The van der Waals surface area contributed by atoms with Gasteiger partial charge < -0.3 is 4.74 Å². The number of nitrogens with one attached hydrogen (secondary N) is 1. The molecule has 0 bridgehead atoms. The van der Waals surface area contributed by atoms with Gasteiger partial charge in [0.2, 0.25) is 0 Å². The first kappa shape index (κ1) is 26.0. The first-order valence-corrected chi connectivity index (χ1v) is 11.7. The van der Waals surface area contributed by atoms with Crippen molar-refractivity contribution in [3.8, 4) is 11.1 Å². The predicted octanol–water partition coefficient (Wildman–Crippen LogP) is 4.31. The second kappa shape index (κ2) is 9.59. The van der Waals surface area contributed by atoms with Crippen LogP contribution in [0.15, 0.2) is 53.4 Å². The average molecular weight is 507 g/mol. The highest BCUT2D eigenvalue weighted by atomic mass is 32.2. The molecule has 34 heavy (non-hydrogen) atoms. The van der Waals surface area contributed by atoms with Gasteiger partial charge in [-0.3, -0.25) is 10.0 Å². The molecule has 0 unspecified atom stereocenters. The maximum absolute atomic E-state index is 13.3. The molecule has 0 radical (unpaired) electrons. The van der Waals surface area contributed by atoms with Crippen LogP contribution in [0.25, 0.3) is 11.1 Å². The number of hydrogen-bond acceptors (Lipinski definition) is 5. The van der Waals surface area contributed by atoms with E-state index in [1.807, 2.05) is 0 Å². The zero-order chi connectivity index (χ0) is 25.2. The lowest BCUT2D eigenvalue weighted by Crippen LogP contribution is -2.54. The Balaban J connectivity index is 1.78. The maximum Gasteiger partial charge on any atom is 0.453 e. The molecule has 0 aromatic heterocycles. The smallest absolute Gasteiger partial charge is 0.381 e. The van der Waals surface area contributed by atoms with Gasteiger partial charge in [-0.15, -0.1) is 0 Å². The van der Waals surface area contributed by atoms with Gasteiger partial charge in [0.1, 0.15) is 0 Å². The first-order valence-electron chi connectivity index (χ1n) is 10.2. The van der Waals surface area contributed by atoms with Crippen LogP contribution in [0.3, 0.4) is 0 Å². The summed E-state index contributed by atoms with van der Waals surface area (Å²) in [6.07, 6.45) is -7.69.